The minimum Gasteiger partial charge on any atom is -0.394 e. The van der Waals surface area contributed by atoms with Crippen LogP contribution in [0.3, 0.4) is 0 Å². The summed E-state index contributed by atoms with van der Waals surface area (Å²) in [5.74, 6) is 0. The lowest BCUT2D eigenvalue weighted by Gasteiger charge is -2.18. The number of phosphoric ester groups is 1. The van der Waals surface area contributed by atoms with Crippen LogP contribution in [-0.2, 0) is 18.3 Å². The van der Waals surface area contributed by atoms with Gasteiger partial charge < -0.3 is 14.7 Å². The highest BCUT2D eigenvalue weighted by atomic mass is 31.2. The third-order valence-electron chi connectivity index (χ3n) is 4.09. The van der Waals surface area contributed by atoms with E-state index in [9.17, 15) is 14.6 Å². The van der Waals surface area contributed by atoms with Crippen molar-refractivity contribution in [1.82, 2.24) is 29.4 Å². The van der Waals surface area contributed by atoms with Crippen LogP contribution < -0.4 is 0 Å². The fourth-order valence-electron chi connectivity index (χ4n) is 3.08. The topological polar surface area (TPSA) is 146 Å². The predicted molar refractivity (Wildman–Crippen MR) is 74.6 cm³/mol. The second-order valence-corrected chi connectivity index (χ2v) is 6.82. The van der Waals surface area contributed by atoms with Gasteiger partial charge >= 0.3 is 7.82 Å². The van der Waals surface area contributed by atoms with Crippen molar-refractivity contribution in [2.24, 2.45) is 0 Å². The Morgan fingerprint density at radius 2 is 2.08 bits per heavy atom. The summed E-state index contributed by atoms with van der Waals surface area (Å²) in [5, 5.41) is 17.5. The van der Waals surface area contributed by atoms with Crippen molar-refractivity contribution in [1.29, 1.82) is 0 Å². The summed E-state index contributed by atoms with van der Waals surface area (Å²) >= 11 is 0. The molecule has 0 aromatic carbocycles. The molecule has 2 saturated heterocycles. The van der Waals surface area contributed by atoms with Crippen LogP contribution in [0.4, 0.5) is 0 Å². The van der Waals surface area contributed by atoms with Crippen LogP contribution in [0.25, 0.3) is 16.8 Å². The maximum absolute atomic E-state index is 11.7. The van der Waals surface area contributed by atoms with E-state index in [1.165, 1.54) is 15.4 Å². The lowest BCUT2D eigenvalue weighted by Crippen LogP contribution is -2.30. The lowest BCUT2D eigenvalue weighted by atomic mass is 10.1. The van der Waals surface area contributed by atoms with E-state index in [4.69, 9.17) is 13.8 Å². The first-order chi connectivity index (χ1) is 11.6. The third-order valence-corrected chi connectivity index (χ3v) is 5.11. The van der Waals surface area contributed by atoms with Gasteiger partial charge in [0.05, 0.1) is 19.1 Å². The molecular weight excluding hydrogens is 343 g/mol. The molecule has 3 aromatic heterocycles. The normalized spacial score (nSPS) is 35.9. The lowest BCUT2D eigenvalue weighted by molar-refractivity contribution is -0.0590. The zero-order valence-electron chi connectivity index (χ0n) is 11.9. The molecule has 2 aliphatic rings. The second-order valence-electron chi connectivity index (χ2n) is 5.47. The Morgan fingerprint density at radius 1 is 1.25 bits per heavy atom. The molecule has 24 heavy (non-hydrogen) atoms. The number of aromatic nitrogens is 6. The SMILES string of the molecule is O=P1(O)OC2C(O1)[C@@H](CO)O[C@H]2n1cnc2c1nnn1ccnc21. The van der Waals surface area contributed by atoms with Gasteiger partial charge in [-0.05, 0) is 0 Å². The minimum atomic E-state index is -4.18. The van der Waals surface area contributed by atoms with Gasteiger partial charge in [0.15, 0.2) is 23.0 Å². The summed E-state index contributed by atoms with van der Waals surface area (Å²) in [4.78, 5) is 18.0. The summed E-state index contributed by atoms with van der Waals surface area (Å²) in [6, 6.07) is 0. The number of ether oxygens (including phenoxy) is 1. The molecule has 0 spiro atoms. The first-order valence-corrected chi connectivity index (χ1v) is 8.55. The van der Waals surface area contributed by atoms with Gasteiger partial charge in [0.25, 0.3) is 0 Å². The third kappa shape index (κ3) is 1.89. The van der Waals surface area contributed by atoms with Gasteiger partial charge in [-0.2, -0.15) is 0 Å². The number of hydrogen-bond donors (Lipinski definition) is 2. The highest BCUT2D eigenvalue weighted by Gasteiger charge is 2.57. The number of nitrogens with zero attached hydrogens (tertiary/aromatic N) is 6. The fourth-order valence-corrected chi connectivity index (χ4v) is 4.22. The molecule has 2 N–H and O–H groups in total. The predicted octanol–water partition coefficient (Wildman–Crippen LogP) is -0.752. The molecule has 5 rings (SSSR count). The average molecular weight is 354 g/mol. The summed E-state index contributed by atoms with van der Waals surface area (Å²) in [5.41, 5.74) is 1.39. The largest absolute Gasteiger partial charge is 0.473 e. The zero-order chi connectivity index (χ0) is 16.5. The monoisotopic (exact) mass is 354 g/mol. The van der Waals surface area contributed by atoms with E-state index in [2.05, 4.69) is 20.3 Å². The van der Waals surface area contributed by atoms with Crippen LogP contribution >= 0.6 is 7.82 Å². The van der Waals surface area contributed by atoms with E-state index >= 15 is 0 Å². The van der Waals surface area contributed by atoms with Crippen LogP contribution in [0, 0.1) is 0 Å². The van der Waals surface area contributed by atoms with Crippen molar-refractivity contribution in [3.8, 4) is 0 Å². The standard InChI is InChI=1S/C11H11N6O6P/c18-3-5-7-8(23-24(19,20)22-7)11(21-5)16-4-13-6-9-12-1-2-17(9)15-14-10(6)16/h1-2,4-5,7-8,11,18H,3H2,(H,19,20)/t5-,7?,8?,11-/m1/s1. The zero-order valence-corrected chi connectivity index (χ0v) is 12.8. The molecule has 0 aliphatic carbocycles. The Labute approximate surface area is 133 Å². The van der Waals surface area contributed by atoms with Gasteiger partial charge in [-0.15, -0.1) is 5.10 Å². The number of aliphatic hydroxyl groups is 1. The smallest absolute Gasteiger partial charge is 0.394 e. The van der Waals surface area contributed by atoms with Gasteiger partial charge in [-0.3, -0.25) is 13.6 Å². The van der Waals surface area contributed by atoms with Crippen LogP contribution in [-0.4, -0.2) is 64.3 Å². The Hall–Kier alpha value is -1.95. The highest BCUT2D eigenvalue weighted by Crippen LogP contribution is 2.58. The Morgan fingerprint density at radius 3 is 2.92 bits per heavy atom. The summed E-state index contributed by atoms with van der Waals surface area (Å²) < 4.78 is 30.5. The quantitative estimate of drug-likeness (QED) is 0.563. The van der Waals surface area contributed by atoms with Gasteiger partial charge in [0.1, 0.15) is 18.3 Å². The molecule has 3 unspecified atom stereocenters. The molecule has 5 heterocycles. The molecule has 5 atom stereocenters. The molecule has 0 saturated carbocycles. The number of fused-ring (bicyclic) bond motifs is 4. The number of phosphoric acid groups is 1. The maximum atomic E-state index is 11.7. The van der Waals surface area contributed by atoms with E-state index < -0.39 is 32.4 Å². The van der Waals surface area contributed by atoms with Crippen LogP contribution in [0.5, 0.6) is 0 Å². The molecule has 0 radical (unpaired) electrons. The number of rotatable bonds is 2. The molecule has 12 nitrogen and oxygen atoms in total. The number of imidazole rings is 2. The van der Waals surface area contributed by atoms with Gasteiger partial charge in [-0.25, -0.2) is 19.0 Å². The number of hydrogen-bond acceptors (Lipinski definition) is 9. The van der Waals surface area contributed by atoms with Crippen molar-refractivity contribution in [2.45, 2.75) is 24.5 Å². The van der Waals surface area contributed by atoms with Crippen molar-refractivity contribution in [3.63, 3.8) is 0 Å². The summed E-state index contributed by atoms with van der Waals surface area (Å²) in [6.07, 6.45) is 1.28. The van der Waals surface area contributed by atoms with Gasteiger partial charge in [0.2, 0.25) is 0 Å². The highest BCUT2D eigenvalue weighted by molar-refractivity contribution is 7.47. The molecule has 13 heteroatoms. The van der Waals surface area contributed by atoms with Crippen molar-refractivity contribution < 1.29 is 28.3 Å². The Bertz CT molecular complexity index is 988. The summed E-state index contributed by atoms with van der Waals surface area (Å²) in [7, 11) is -4.18. The van der Waals surface area contributed by atoms with Crippen LogP contribution in [0.2, 0.25) is 0 Å². The Kier molecular flexibility index (Phi) is 2.87. The van der Waals surface area contributed by atoms with E-state index in [1.54, 1.807) is 12.4 Å². The molecule has 2 fully saturated rings. The Balaban J connectivity index is 1.63. The molecule has 0 bridgehead atoms. The molecule has 3 aromatic rings. The van der Waals surface area contributed by atoms with Gasteiger partial charge in [-0.1, -0.05) is 5.21 Å². The summed E-state index contributed by atoms with van der Waals surface area (Å²) in [6.45, 7) is -0.385. The van der Waals surface area contributed by atoms with Crippen molar-refractivity contribution in [3.05, 3.63) is 18.7 Å². The number of aliphatic hydroxyl groups excluding tert-OH is 1. The van der Waals surface area contributed by atoms with E-state index in [0.717, 1.165) is 0 Å². The van der Waals surface area contributed by atoms with E-state index in [1.807, 2.05) is 0 Å². The van der Waals surface area contributed by atoms with Crippen molar-refractivity contribution in [2.75, 3.05) is 6.61 Å². The van der Waals surface area contributed by atoms with Gasteiger partial charge in [0, 0.05) is 6.20 Å². The molecular formula is C11H11N6O6P. The first kappa shape index (κ1) is 14.4. The minimum absolute atomic E-state index is 0.374. The van der Waals surface area contributed by atoms with E-state index in [-0.39, 0.29) is 6.61 Å². The molecule has 126 valence electrons. The second kappa shape index (κ2) is 4.79. The van der Waals surface area contributed by atoms with Crippen molar-refractivity contribution >= 4 is 24.6 Å². The van der Waals surface area contributed by atoms with Crippen LogP contribution in [0.1, 0.15) is 6.23 Å². The molecule has 0 amide bonds. The van der Waals surface area contributed by atoms with Crippen LogP contribution in [0.15, 0.2) is 18.7 Å². The molecule has 2 aliphatic heterocycles. The average Bonchev–Trinajstić information content (AvgIpc) is 3.26. The fraction of sp³-hybridized carbons (Fsp3) is 0.455. The first-order valence-electron chi connectivity index (χ1n) is 7.06. The maximum Gasteiger partial charge on any atom is 0.473 e. The van der Waals surface area contributed by atoms with E-state index in [0.29, 0.717) is 16.8 Å².